The number of allylic oxidation sites excluding steroid dienone is 3. The van der Waals surface area contributed by atoms with E-state index in [0.29, 0.717) is 81.0 Å². The summed E-state index contributed by atoms with van der Waals surface area (Å²) in [4.78, 5) is 6.90. The van der Waals surface area contributed by atoms with Crippen LogP contribution in [0.2, 0.25) is 0 Å². The van der Waals surface area contributed by atoms with Crippen molar-refractivity contribution >= 4 is 42.1 Å². The second-order valence-electron chi connectivity index (χ2n) is 18.1. The molecule has 0 saturated carbocycles. The minimum absolute atomic E-state index is 0.0243. The van der Waals surface area contributed by atoms with Gasteiger partial charge in [0.25, 0.3) is 30.4 Å². The van der Waals surface area contributed by atoms with E-state index in [4.69, 9.17) is 28.2 Å². The van der Waals surface area contributed by atoms with Crippen LogP contribution in [-0.2, 0) is 60.1 Å². The number of aromatic nitrogens is 1. The van der Waals surface area contributed by atoms with Crippen molar-refractivity contribution in [2.75, 3.05) is 95.5 Å². The topological polar surface area (TPSA) is 274 Å². The van der Waals surface area contributed by atoms with Crippen molar-refractivity contribution in [3.63, 3.8) is 0 Å². The number of aromatic hydroxyl groups is 2. The van der Waals surface area contributed by atoms with Crippen molar-refractivity contribution in [1.29, 1.82) is 0 Å². The molecule has 2 aromatic rings. The van der Waals surface area contributed by atoms with Crippen LogP contribution in [0.5, 0.6) is 11.8 Å². The van der Waals surface area contributed by atoms with Gasteiger partial charge in [-0.3, -0.25) is 13.7 Å². The van der Waals surface area contributed by atoms with Gasteiger partial charge in [-0.25, -0.2) is 4.58 Å². The number of fused-ring (bicyclic) bond motifs is 2. The summed E-state index contributed by atoms with van der Waals surface area (Å²) >= 11 is 0. The van der Waals surface area contributed by atoms with E-state index in [1.54, 1.807) is 18.2 Å². The fourth-order valence-electron chi connectivity index (χ4n) is 8.31. The van der Waals surface area contributed by atoms with Crippen LogP contribution in [0.1, 0.15) is 77.2 Å². The van der Waals surface area contributed by atoms with E-state index in [9.17, 15) is 49.1 Å². The van der Waals surface area contributed by atoms with Gasteiger partial charge in [-0.15, -0.1) is 4.73 Å². The first-order chi connectivity index (χ1) is 33.4. The first kappa shape index (κ1) is 57.1. The van der Waals surface area contributed by atoms with Crippen LogP contribution < -0.4 is 19.7 Å². The normalized spacial score (nSPS) is 16.7. The molecule has 0 radical (unpaired) electrons. The second kappa shape index (κ2) is 25.2. The van der Waals surface area contributed by atoms with Crippen LogP contribution >= 0.6 is 0 Å². The van der Waals surface area contributed by atoms with Gasteiger partial charge in [0.05, 0.1) is 75.3 Å². The zero-order valence-corrected chi connectivity index (χ0v) is 43.3. The van der Waals surface area contributed by atoms with Gasteiger partial charge in [0, 0.05) is 59.9 Å². The highest BCUT2D eigenvalue weighted by Gasteiger charge is 2.44. The predicted molar refractivity (Wildman–Crippen MR) is 267 cm³/mol. The van der Waals surface area contributed by atoms with Crippen molar-refractivity contribution in [1.82, 2.24) is 9.31 Å². The number of hydrogen-bond donors (Lipinski definition) is 5. The highest BCUT2D eigenvalue weighted by atomic mass is 32.2. The zero-order chi connectivity index (χ0) is 52.0. The van der Waals surface area contributed by atoms with E-state index in [1.807, 2.05) is 53.7 Å². The maximum Gasteiger partial charge on any atom is 0.294 e. The molecule has 1 aromatic heterocycles. The van der Waals surface area contributed by atoms with Gasteiger partial charge in [0.1, 0.15) is 31.2 Å². The fourth-order valence-corrected chi connectivity index (χ4v) is 9.82. The lowest BCUT2D eigenvalue weighted by atomic mass is 9.77. The third kappa shape index (κ3) is 16.9. The molecule has 0 spiro atoms. The smallest absolute Gasteiger partial charge is 0.294 e. The molecule has 5 rings (SSSR count). The molecular weight excluding hydrogens is 987 g/mol. The number of hydrogen-bond acceptors (Lipinski definition) is 15. The van der Waals surface area contributed by atoms with Gasteiger partial charge in [0.15, 0.2) is 0 Å². The SMILES string of the molecule is CC[N+](CCCS(=O)(=O)O)=c1ccc2c(C(C)(C)C)cc(C=CC=C3N(CCOCCOCCOCCOCCCOn4c(O)ccc4O)c4ccc(S(=O)(=O)O)cc4C3(C)CCCS(=O)(=O)O)oc-2c1. The highest BCUT2D eigenvalue weighted by Crippen LogP contribution is 2.51. The first-order valence-corrected chi connectivity index (χ1v) is 28.0. The summed E-state index contributed by atoms with van der Waals surface area (Å²) in [5.41, 5.74) is 2.37. The van der Waals surface area contributed by atoms with Gasteiger partial charge in [-0.1, -0.05) is 26.8 Å². The summed E-state index contributed by atoms with van der Waals surface area (Å²) in [6.07, 6.45) is 6.37. The van der Waals surface area contributed by atoms with Crippen molar-refractivity contribution in [2.45, 2.75) is 76.0 Å². The Balaban J connectivity index is 1.29. The summed E-state index contributed by atoms with van der Waals surface area (Å²) in [6, 6.07) is 14.7. The average Bonchev–Trinajstić information content (AvgIpc) is 3.72. The minimum atomic E-state index is -4.62. The molecule has 0 bridgehead atoms. The van der Waals surface area contributed by atoms with E-state index in [1.165, 1.54) is 24.3 Å². The van der Waals surface area contributed by atoms with Crippen LogP contribution in [0.25, 0.3) is 17.4 Å². The van der Waals surface area contributed by atoms with E-state index in [0.717, 1.165) is 21.2 Å². The van der Waals surface area contributed by atoms with Crippen LogP contribution in [0.15, 0.2) is 81.8 Å². The largest absolute Gasteiger partial charge is 0.492 e. The lowest BCUT2D eigenvalue weighted by Crippen LogP contribution is -2.31. The van der Waals surface area contributed by atoms with Crippen LogP contribution in [-0.4, -0.2) is 144 Å². The summed E-state index contributed by atoms with van der Waals surface area (Å²) in [5, 5.41) is 20.0. The van der Waals surface area contributed by atoms with Crippen LogP contribution in [0, 0.1) is 0 Å². The lowest BCUT2D eigenvalue weighted by Gasteiger charge is -2.30. The number of benzene rings is 2. The van der Waals surface area contributed by atoms with Crippen molar-refractivity contribution in [2.24, 2.45) is 0 Å². The van der Waals surface area contributed by atoms with E-state index >= 15 is 0 Å². The maximum atomic E-state index is 12.4. The maximum absolute atomic E-state index is 12.4. The average molecular weight is 1060 g/mol. The molecule has 0 fully saturated rings. The summed E-state index contributed by atoms with van der Waals surface area (Å²) in [6.45, 7) is 14.0. The molecule has 71 heavy (non-hydrogen) atoms. The molecule has 20 nitrogen and oxygen atoms in total. The Kier molecular flexibility index (Phi) is 20.3. The molecule has 0 saturated heterocycles. The Morgan fingerprint density at radius 2 is 1.34 bits per heavy atom. The van der Waals surface area contributed by atoms with Crippen LogP contribution in [0.4, 0.5) is 5.69 Å². The van der Waals surface area contributed by atoms with Gasteiger partial charge in [-0.2, -0.15) is 25.3 Å². The van der Waals surface area contributed by atoms with Gasteiger partial charge >= 0.3 is 0 Å². The van der Waals surface area contributed by atoms with Crippen molar-refractivity contribution < 1.29 is 77.3 Å². The Hall–Kier alpha value is -4.82. The lowest BCUT2D eigenvalue weighted by molar-refractivity contribution is -0.00467. The molecule has 1 aliphatic carbocycles. The van der Waals surface area contributed by atoms with Gasteiger partial charge in [0.2, 0.25) is 17.1 Å². The molecule has 3 aliphatic rings. The van der Waals surface area contributed by atoms with Gasteiger partial charge < -0.3 is 43.3 Å². The molecule has 3 heterocycles. The molecular formula is C48H68N3O17S3+. The highest BCUT2D eigenvalue weighted by molar-refractivity contribution is 7.86. The molecule has 1 unspecified atom stereocenters. The second-order valence-corrected chi connectivity index (χ2v) is 22.7. The van der Waals surface area contributed by atoms with Gasteiger partial charge in [-0.05, 0) is 85.7 Å². The summed E-state index contributed by atoms with van der Waals surface area (Å²) in [5.74, 6) is -0.199. The molecule has 0 amide bonds. The number of anilines is 1. The molecule has 5 N–H and O–H groups in total. The number of rotatable bonds is 29. The predicted octanol–water partition coefficient (Wildman–Crippen LogP) is 5.14. The summed E-state index contributed by atoms with van der Waals surface area (Å²) in [7, 11) is -13.1. The minimum Gasteiger partial charge on any atom is -0.492 e. The molecule has 23 heteroatoms. The van der Waals surface area contributed by atoms with Crippen molar-refractivity contribution in [3.8, 4) is 23.1 Å². The first-order valence-electron chi connectivity index (χ1n) is 23.3. The molecule has 394 valence electrons. The monoisotopic (exact) mass is 1050 g/mol. The fraction of sp³-hybridized carbons (Fsp3) is 0.521. The van der Waals surface area contributed by atoms with E-state index in [2.05, 4.69) is 20.8 Å². The standard InChI is InChI=1S/C48H67N3O17S3/c1-6-49(20-9-32-70(57,58)59)36-13-15-39-40(47(2,3)4)34-37(68-43(39)33-36)11-7-12-44-48(5,19-8-31-69(54,55)56)41-35-38(71(60,61)62)14-16-42(41)50(44)21-24-64-26-28-66-30-29-65-27-25-63-22-10-23-67-51-45(52)17-18-46(51)53/h7,11-18,33-35H,6,8-10,19-32H2,1-5H3,(H4-,52,53,54,55,56,57,58,59,60,61,62)/p+1. The molecule has 1 aromatic carbocycles. The third-order valence-electron chi connectivity index (χ3n) is 11.8. The Labute approximate surface area is 416 Å². The van der Waals surface area contributed by atoms with Crippen molar-refractivity contribution in [3.05, 3.63) is 94.7 Å². The number of nitrogens with zero attached hydrogens (tertiary/aromatic N) is 3. The third-order valence-corrected chi connectivity index (χ3v) is 14.2. The van der Waals surface area contributed by atoms with E-state index < -0.39 is 41.5 Å². The summed E-state index contributed by atoms with van der Waals surface area (Å²) < 4.78 is 132. The number of ether oxygens (including phenoxy) is 4. The Morgan fingerprint density at radius 3 is 1.93 bits per heavy atom. The molecule has 1 atom stereocenters. The van der Waals surface area contributed by atoms with E-state index in [-0.39, 0.29) is 80.1 Å². The zero-order valence-electron chi connectivity index (χ0n) is 40.9. The molecule has 2 aliphatic heterocycles. The Bertz CT molecular complexity index is 2830. The van der Waals surface area contributed by atoms with Crippen LogP contribution in [0.3, 0.4) is 0 Å². The Morgan fingerprint density at radius 1 is 0.732 bits per heavy atom. The quantitative estimate of drug-likeness (QED) is 0.0268.